The lowest BCUT2D eigenvalue weighted by atomic mass is 10.0. The first-order valence-corrected chi connectivity index (χ1v) is 7.24. The molecule has 0 radical (unpaired) electrons. The largest absolute Gasteiger partial charge is 0.492 e. The van der Waals surface area contributed by atoms with Gasteiger partial charge in [0.1, 0.15) is 21.6 Å². The third-order valence-electron chi connectivity index (χ3n) is 3.61. The molecule has 0 fully saturated rings. The second kappa shape index (κ2) is 5.06. The van der Waals surface area contributed by atoms with Gasteiger partial charge in [-0.25, -0.2) is 0 Å². The van der Waals surface area contributed by atoms with Crippen molar-refractivity contribution in [1.29, 1.82) is 5.26 Å². The first kappa shape index (κ1) is 12.8. The zero-order valence-electron chi connectivity index (χ0n) is 11.2. The lowest BCUT2D eigenvalue weighted by molar-refractivity contribution is 0.418. The third kappa shape index (κ3) is 1.98. The number of nitrogens with zero attached hydrogens (tertiary/aromatic N) is 2. The molecule has 0 unspecified atom stereocenters. The van der Waals surface area contributed by atoms with E-state index in [1.807, 2.05) is 0 Å². The lowest BCUT2D eigenvalue weighted by Gasteiger charge is -2.30. The highest BCUT2D eigenvalue weighted by Crippen LogP contribution is 2.45. The van der Waals surface area contributed by atoms with Gasteiger partial charge in [-0.2, -0.15) is 5.26 Å². The van der Waals surface area contributed by atoms with E-state index < -0.39 is 0 Å². The molecule has 102 valence electrons. The molecule has 0 atom stereocenters. The number of nitriles is 1. The summed E-state index contributed by atoms with van der Waals surface area (Å²) < 4.78 is 5.39. The Labute approximate surface area is 122 Å². The van der Waals surface area contributed by atoms with Crippen molar-refractivity contribution in [2.24, 2.45) is 0 Å². The summed E-state index contributed by atoms with van der Waals surface area (Å²) in [4.78, 5) is 2.76. The fraction of sp³-hybridized carbons (Fsp3) is 0.267. The number of hydrogen-bond acceptors (Lipinski definition) is 5. The molecule has 1 aromatic heterocycles. The van der Waals surface area contributed by atoms with Gasteiger partial charge in [-0.15, -0.1) is 11.3 Å². The Morgan fingerprint density at radius 2 is 2.10 bits per heavy atom. The minimum atomic E-state index is 0.453. The first-order valence-electron chi connectivity index (χ1n) is 6.42. The van der Waals surface area contributed by atoms with Crippen LogP contribution in [0.5, 0.6) is 5.75 Å². The monoisotopic (exact) mass is 285 g/mol. The number of nitrogens with two attached hydrogens (primary N) is 1. The molecule has 0 bridgehead atoms. The Hall–Kier alpha value is -2.19. The van der Waals surface area contributed by atoms with Crippen molar-refractivity contribution < 1.29 is 4.74 Å². The highest BCUT2D eigenvalue weighted by molar-refractivity contribution is 7.17. The highest BCUT2D eigenvalue weighted by Gasteiger charge is 2.24. The minimum Gasteiger partial charge on any atom is -0.492 e. The van der Waals surface area contributed by atoms with Gasteiger partial charge in [-0.1, -0.05) is 24.3 Å². The standard InChI is InChI=1S/C15H15N3OS/c1-19-14-13(17)12(8-16)20-15(14)18-7-6-10-4-2-3-5-11(10)9-18/h2-5H,6-7,9,17H2,1H3. The average molecular weight is 285 g/mol. The topological polar surface area (TPSA) is 62.3 Å². The Bertz CT molecular complexity index is 687. The van der Waals surface area contributed by atoms with Gasteiger partial charge in [-0.05, 0) is 17.5 Å². The van der Waals surface area contributed by atoms with Crippen LogP contribution in [0.3, 0.4) is 0 Å². The summed E-state index contributed by atoms with van der Waals surface area (Å²) in [5.41, 5.74) is 9.14. The van der Waals surface area contributed by atoms with Crippen LogP contribution in [0.15, 0.2) is 24.3 Å². The lowest BCUT2D eigenvalue weighted by Crippen LogP contribution is -2.29. The summed E-state index contributed by atoms with van der Waals surface area (Å²) in [6, 6.07) is 10.6. The van der Waals surface area contributed by atoms with E-state index >= 15 is 0 Å². The Balaban J connectivity index is 1.98. The molecule has 0 saturated heterocycles. The SMILES string of the molecule is COc1c(N2CCc3ccccc3C2)sc(C#N)c1N. The summed E-state index contributed by atoms with van der Waals surface area (Å²) in [6.45, 7) is 1.75. The van der Waals surface area contributed by atoms with Crippen LogP contribution in [-0.4, -0.2) is 13.7 Å². The number of nitrogen functional groups attached to an aromatic ring is 1. The summed E-state index contributed by atoms with van der Waals surface area (Å²) >= 11 is 1.41. The van der Waals surface area contributed by atoms with E-state index in [0.717, 1.165) is 24.5 Å². The molecule has 4 nitrogen and oxygen atoms in total. The van der Waals surface area contributed by atoms with Crippen LogP contribution in [0.25, 0.3) is 0 Å². The molecule has 1 aliphatic heterocycles. The number of rotatable bonds is 2. The first-order chi connectivity index (χ1) is 9.74. The van der Waals surface area contributed by atoms with Gasteiger partial charge in [0.2, 0.25) is 0 Å². The fourth-order valence-electron chi connectivity index (χ4n) is 2.57. The molecule has 2 heterocycles. The Kier molecular flexibility index (Phi) is 3.25. The van der Waals surface area contributed by atoms with Crippen molar-refractivity contribution in [2.45, 2.75) is 13.0 Å². The number of methoxy groups -OCH3 is 1. The Morgan fingerprint density at radius 1 is 1.35 bits per heavy atom. The molecule has 0 spiro atoms. The van der Waals surface area contributed by atoms with Gasteiger partial charge in [-0.3, -0.25) is 0 Å². The van der Waals surface area contributed by atoms with Gasteiger partial charge in [0.05, 0.1) is 7.11 Å². The molecular formula is C15H15N3OS. The molecule has 0 aliphatic carbocycles. The number of anilines is 2. The molecular weight excluding hydrogens is 270 g/mol. The molecule has 1 aliphatic rings. The molecule has 1 aromatic carbocycles. The van der Waals surface area contributed by atoms with E-state index in [1.54, 1.807) is 7.11 Å². The second-order valence-corrected chi connectivity index (χ2v) is 5.73. The van der Waals surface area contributed by atoms with Gasteiger partial charge < -0.3 is 15.4 Å². The number of thiophene rings is 1. The van der Waals surface area contributed by atoms with Crippen LogP contribution in [-0.2, 0) is 13.0 Å². The normalized spacial score (nSPS) is 13.7. The maximum atomic E-state index is 9.11. The van der Waals surface area contributed by atoms with Crippen LogP contribution in [0, 0.1) is 11.3 Å². The van der Waals surface area contributed by atoms with E-state index in [4.69, 9.17) is 15.7 Å². The molecule has 20 heavy (non-hydrogen) atoms. The van der Waals surface area contributed by atoms with E-state index in [2.05, 4.69) is 35.2 Å². The van der Waals surface area contributed by atoms with E-state index in [1.165, 1.54) is 22.5 Å². The fourth-order valence-corrected chi connectivity index (χ4v) is 3.59. The van der Waals surface area contributed by atoms with Crippen LogP contribution in [0.4, 0.5) is 10.7 Å². The number of hydrogen-bond donors (Lipinski definition) is 1. The summed E-state index contributed by atoms with van der Waals surface area (Å²) in [7, 11) is 1.60. The zero-order valence-corrected chi connectivity index (χ0v) is 12.0. The van der Waals surface area contributed by atoms with Crippen molar-refractivity contribution in [2.75, 3.05) is 24.3 Å². The van der Waals surface area contributed by atoms with Gasteiger partial charge in [0, 0.05) is 13.1 Å². The van der Waals surface area contributed by atoms with Crippen molar-refractivity contribution >= 4 is 22.0 Å². The number of ether oxygens (including phenoxy) is 1. The van der Waals surface area contributed by atoms with Crippen LogP contribution in [0.1, 0.15) is 16.0 Å². The smallest absolute Gasteiger partial charge is 0.177 e. The Morgan fingerprint density at radius 3 is 2.80 bits per heavy atom. The predicted molar refractivity (Wildman–Crippen MR) is 81.2 cm³/mol. The van der Waals surface area contributed by atoms with Crippen molar-refractivity contribution in [3.63, 3.8) is 0 Å². The molecule has 2 aromatic rings. The van der Waals surface area contributed by atoms with E-state index in [9.17, 15) is 0 Å². The average Bonchev–Trinajstić information content (AvgIpc) is 2.82. The third-order valence-corrected chi connectivity index (χ3v) is 4.76. The molecule has 5 heteroatoms. The maximum Gasteiger partial charge on any atom is 0.177 e. The molecule has 0 amide bonds. The van der Waals surface area contributed by atoms with Gasteiger partial charge >= 0.3 is 0 Å². The second-order valence-electron chi connectivity index (χ2n) is 4.74. The van der Waals surface area contributed by atoms with Gasteiger partial charge in [0.25, 0.3) is 0 Å². The molecule has 3 rings (SSSR count). The zero-order chi connectivity index (χ0) is 14.1. The molecule has 0 saturated carbocycles. The highest BCUT2D eigenvalue weighted by atomic mass is 32.1. The van der Waals surface area contributed by atoms with E-state index in [-0.39, 0.29) is 0 Å². The van der Waals surface area contributed by atoms with Crippen LogP contribution < -0.4 is 15.4 Å². The van der Waals surface area contributed by atoms with Gasteiger partial charge in [0.15, 0.2) is 5.75 Å². The quantitative estimate of drug-likeness (QED) is 0.921. The maximum absolute atomic E-state index is 9.11. The van der Waals surface area contributed by atoms with Crippen LogP contribution in [0.2, 0.25) is 0 Å². The van der Waals surface area contributed by atoms with Crippen molar-refractivity contribution in [3.8, 4) is 11.8 Å². The number of fused-ring (bicyclic) bond motifs is 1. The van der Waals surface area contributed by atoms with E-state index in [0.29, 0.717) is 16.3 Å². The minimum absolute atomic E-state index is 0.453. The van der Waals surface area contributed by atoms with Crippen LogP contribution >= 0.6 is 11.3 Å². The summed E-state index contributed by atoms with van der Waals surface area (Å²) in [6.07, 6.45) is 0.999. The van der Waals surface area contributed by atoms with Crippen molar-refractivity contribution in [3.05, 3.63) is 40.3 Å². The summed E-state index contributed by atoms with van der Waals surface area (Å²) in [5, 5.41) is 10.1. The molecule has 2 N–H and O–H groups in total. The van der Waals surface area contributed by atoms with Crippen molar-refractivity contribution in [1.82, 2.24) is 0 Å². The predicted octanol–water partition coefficient (Wildman–Crippen LogP) is 2.77. The number of benzene rings is 1. The summed E-state index contributed by atoms with van der Waals surface area (Å²) in [5.74, 6) is 0.630.